The average Bonchev–Trinajstić information content (AvgIpc) is 2.66. The molecule has 0 saturated carbocycles. The van der Waals surface area contributed by atoms with Gasteiger partial charge in [-0.15, -0.1) is 0 Å². The summed E-state index contributed by atoms with van der Waals surface area (Å²) in [5.41, 5.74) is 0.939. The zero-order chi connectivity index (χ0) is 19.6. The number of esters is 1. The van der Waals surface area contributed by atoms with E-state index in [4.69, 9.17) is 14.5 Å². The second-order valence-corrected chi connectivity index (χ2v) is 7.49. The van der Waals surface area contributed by atoms with Gasteiger partial charge in [0.15, 0.2) is 0 Å². The van der Waals surface area contributed by atoms with E-state index >= 15 is 0 Å². The molecule has 0 bridgehead atoms. The maximum Gasteiger partial charge on any atom is 0.308 e. The van der Waals surface area contributed by atoms with Crippen molar-refractivity contribution in [2.24, 2.45) is 11.8 Å². The number of carbonyl (C=O) groups excluding carboxylic acids is 1. The molecule has 0 aromatic heterocycles. The quantitative estimate of drug-likeness (QED) is 0.279. The number of rotatable bonds is 10. The van der Waals surface area contributed by atoms with Gasteiger partial charge < -0.3 is 4.74 Å². The first-order valence-electron chi connectivity index (χ1n) is 10.2. The molecular weight excluding hydrogens is 328 g/mol. The molecule has 1 aliphatic rings. The molecule has 0 aromatic carbocycles. The van der Waals surface area contributed by atoms with Crippen molar-refractivity contribution in [1.29, 1.82) is 0 Å². The molecule has 4 nitrogen and oxygen atoms in total. The summed E-state index contributed by atoms with van der Waals surface area (Å²) in [6.07, 6.45) is 12.8. The van der Waals surface area contributed by atoms with Crippen LogP contribution in [0.2, 0.25) is 0 Å². The van der Waals surface area contributed by atoms with E-state index in [1.807, 2.05) is 0 Å². The highest BCUT2D eigenvalue weighted by molar-refractivity contribution is 5.69. The van der Waals surface area contributed by atoms with Crippen LogP contribution in [0.4, 0.5) is 0 Å². The third-order valence-electron chi connectivity index (χ3n) is 5.45. The molecule has 4 atom stereocenters. The third-order valence-corrected chi connectivity index (χ3v) is 5.45. The van der Waals surface area contributed by atoms with E-state index in [-0.39, 0.29) is 24.4 Å². The van der Waals surface area contributed by atoms with Gasteiger partial charge in [0, 0.05) is 0 Å². The van der Waals surface area contributed by atoms with Gasteiger partial charge in [0.1, 0.15) is 11.7 Å². The molecule has 1 unspecified atom stereocenters. The van der Waals surface area contributed by atoms with Crippen molar-refractivity contribution in [3.05, 3.63) is 23.8 Å². The van der Waals surface area contributed by atoms with E-state index in [9.17, 15) is 4.79 Å². The number of hydrogen-bond acceptors (Lipinski definition) is 4. The minimum absolute atomic E-state index is 0.225. The van der Waals surface area contributed by atoms with Crippen LogP contribution in [-0.2, 0) is 19.3 Å². The lowest BCUT2D eigenvalue weighted by Crippen LogP contribution is -2.44. The second-order valence-electron chi connectivity index (χ2n) is 7.49. The largest absolute Gasteiger partial charge is 0.469 e. The maximum atomic E-state index is 11.6. The molecule has 1 saturated heterocycles. The monoisotopic (exact) mass is 366 g/mol. The van der Waals surface area contributed by atoms with Gasteiger partial charge in [-0.1, -0.05) is 57.9 Å². The maximum absolute atomic E-state index is 11.6. The number of ether oxygens (including phenoxy) is 1. The van der Waals surface area contributed by atoms with Gasteiger partial charge in [0.2, 0.25) is 0 Å². The summed E-state index contributed by atoms with van der Waals surface area (Å²) in [6, 6.07) is 0. The fraction of sp³-hybridized carbons (Fsp3) is 0.773. The van der Waals surface area contributed by atoms with Crippen molar-refractivity contribution < 1.29 is 19.3 Å². The van der Waals surface area contributed by atoms with Crippen molar-refractivity contribution in [3.8, 4) is 0 Å². The number of methoxy groups -OCH3 is 1. The Bertz CT molecular complexity index is 483. The molecular formula is C22H38O4. The molecule has 150 valence electrons. The van der Waals surface area contributed by atoms with Crippen LogP contribution < -0.4 is 0 Å². The van der Waals surface area contributed by atoms with Crippen LogP contribution in [-0.4, -0.2) is 24.8 Å². The SMILES string of the molecule is CC/C=C/C(CC)C/C(C)=C/[C@]1(CC)C[C@@H](CC)[C@H](CC(=O)OC)OO1. The van der Waals surface area contributed by atoms with Crippen LogP contribution in [0.1, 0.15) is 79.6 Å². The highest BCUT2D eigenvalue weighted by Gasteiger charge is 2.41. The Morgan fingerprint density at radius 3 is 2.58 bits per heavy atom. The third kappa shape index (κ3) is 6.88. The molecule has 0 N–H and O–H groups in total. The number of allylic oxidation sites excluding steroid dienone is 3. The molecule has 0 amide bonds. The highest BCUT2D eigenvalue weighted by atomic mass is 17.2. The van der Waals surface area contributed by atoms with Crippen LogP contribution in [0.25, 0.3) is 0 Å². The van der Waals surface area contributed by atoms with Gasteiger partial charge in [0.05, 0.1) is 13.5 Å². The fourth-order valence-electron chi connectivity index (χ4n) is 3.69. The molecule has 1 rings (SSSR count). The summed E-state index contributed by atoms with van der Waals surface area (Å²) in [7, 11) is 1.41. The van der Waals surface area contributed by atoms with E-state index in [2.05, 4.69) is 52.8 Å². The van der Waals surface area contributed by atoms with E-state index in [1.54, 1.807) is 0 Å². The van der Waals surface area contributed by atoms with Crippen LogP contribution in [0.3, 0.4) is 0 Å². The molecule has 4 heteroatoms. The van der Waals surface area contributed by atoms with Crippen LogP contribution in [0.5, 0.6) is 0 Å². The zero-order valence-electron chi connectivity index (χ0n) is 17.5. The Hall–Kier alpha value is -1.13. The molecule has 0 spiro atoms. The van der Waals surface area contributed by atoms with Crippen molar-refractivity contribution in [2.45, 2.75) is 91.3 Å². The Kier molecular flexibility index (Phi) is 10.2. The Balaban J connectivity index is 2.84. The van der Waals surface area contributed by atoms with Crippen molar-refractivity contribution >= 4 is 5.97 Å². The molecule has 1 heterocycles. The van der Waals surface area contributed by atoms with Gasteiger partial charge >= 0.3 is 5.97 Å². The highest BCUT2D eigenvalue weighted by Crippen LogP contribution is 2.39. The molecule has 26 heavy (non-hydrogen) atoms. The Morgan fingerprint density at radius 2 is 2.04 bits per heavy atom. The smallest absolute Gasteiger partial charge is 0.308 e. The normalized spacial score (nSPS) is 28.3. The van der Waals surface area contributed by atoms with E-state index < -0.39 is 5.60 Å². The number of carbonyl (C=O) groups is 1. The summed E-state index contributed by atoms with van der Waals surface area (Å²) in [5, 5.41) is 0. The summed E-state index contributed by atoms with van der Waals surface area (Å²) in [4.78, 5) is 23.2. The fourth-order valence-corrected chi connectivity index (χ4v) is 3.69. The zero-order valence-corrected chi connectivity index (χ0v) is 17.5. The standard InChI is InChI=1S/C22H38O4/c1-7-11-12-18(8-2)13-17(5)15-22(10-4)16-19(9-3)20(25-26-22)14-21(23)24-6/h11-12,15,18-20H,7-10,13-14,16H2,1-6H3/b12-11+,17-15+/t18?,19-,20+,22-/m1/s1. The molecule has 1 fully saturated rings. The summed E-state index contributed by atoms with van der Waals surface area (Å²) >= 11 is 0. The first-order chi connectivity index (χ1) is 12.4. The first kappa shape index (κ1) is 22.9. The number of hydrogen-bond donors (Lipinski definition) is 0. The minimum atomic E-state index is -0.399. The van der Waals surface area contributed by atoms with Crippen LogP contribution >= 0.6 is 0 Å². The van der Waals surface area contributed by atoms with Crippen LogP contribution in [0, 0.1) is 11.8 Å². The minimum Gasteiger partial charge on any atom is -0.469 e. The molecule has 1 aliphatic heterocycles. The van der Waals surface area contributed by atoms with Gasteiger partial charge in [-0.05, 0) is 50.9 Å². The topological polar surface area (TPSA) is 44.8 Å². The lowest BCUT2D eigenvalue weighted by Gasteiger charge is -2.41. The molecule has 0 radical (unpaired) electrons. The Morgan fingerprint density at radius 1 is 1.31 bits per heavy atom. The van der Waals surface area contributed by atoms with Gasteiger partial charge in [-0.25, -0.2) is 9.78 Å². The summed E-state index contributed by atoms with van der Waals surface area (Å²) < 4.78 is 4.78. The Labute approximate surface area is 159 Å². The van der Waals surface area contributed by atoms with E-state index in [0.29, 0.717) is 5.92 Å². The van der Waals surface area contributed by atoms with Gasteiger partial charge in [0.25, 0.3) is 0 Å². The van der Waals surface area contributed by atoms with Crippen molar-refractivity contribution in [2.75, 3.05) is 7.11 Å². The van der Waals surface area contributed by atoms with E-state index in [0.717, 1.165) is 38.5 Å². The summed E-state index contributed by atoms with van der Waals surface area (Å²) in [6.45, 7) is 10.9. The first-order valence-corrected chi connectivity index (χ1v) is 10.2. The van der Waals surface area contributed by atoms with E-state index in [1.165, 1.54) is 12.7 Å². The lowest BCUT2D eigenvalue weighted by molar-refractivity contribution is -0.409. The van der Waals surface area contributed by atoms with Gasteiger partial charge in [-0.3, -0.25) is 4.79 Å². The van der Waals surface area contributed by atoms with Gasteiger partial charge in [-0.2, -0.15) is 0 Å². The molecule has 0 aliphatic carbocycles. The predicted molar refractivity (Wildman–Crippen MR) is 106 cm³/mol. The van der Waals surface area contributed by atoms with Crippen LogP contribution in [0.15, 0.2) is 23.8 Å². The molecule has 0 aromatic rings. The lowest BCUT2D eigenvalue weighted by atomic mass is 9.80. The predicted octanol–water partition coefficient (Wildman–Crippen LogP) is 5.77. The van der Waals surface area contributed by atoms with Crippen molar-refractivity contribution in [3.63, 3.8) is 0 Å². The van der Waals surface area contributed by atoms with Crippen molar-refractivity contribution in [1.82, 2.24) is 0 Å². The average molecular weight is 367 g/mol. The summed E-state index contributed by atoms with van der Waals surface area (Å²) in [5.74, 6) is 0.605. The second kappa shape index (κ2) is 11.6.